The molecule has 0 bridgehead atoms. The summed E-state index contributed by atoms with van der Waals surface area (Å²) < 4.78 is 5.18. The van der Waals surface area contributed by atoms with Crippen molar-refractivity contribution < 1.29 is 46.9 Å². The molecule has 1 unspecified atom stereocenters. The molecule has 0 aliphatic carbocycles. The van der Waals surface area contributed by atoms with E-state index >= 15 is 0 Å². The molecule has 23 heavy (non-hydrogen) atoms. The van der Waals surface area contributed by atoms with Gasteiger partial charge in [0.25, 0.3) is 0 Å². The molecule has 1 atom stereocenters. The van der Waals surface area contributed by atoms with Crippen LogP contribution in [0.15, 0.2) is 24.3 Å². The Balaban J connectivity index is -0.000000231. The number of ether oxygens (including phenoxy) is 1. The van der Waals surface area contributed by atoms with E-state index in [4.69, 9.17) is 25.8 Å². The SMILES string of the molecule is CO.CO.CO.[CH2-]CCOCC(O)CNc1ccc(N)cc1.[Ti]. The second kappa shape index (κ2) is 26.2. The van der Waals surface area contributed by atoms with Crippen molar-refractivity contribution in [1.82, 2.24) is 0 Å². The first-order valence-electron chi connectivity index (χ1n) is 6.71. The quantitative estimate of drug-likeness (QED) is 0.175. The van der Waals surface area contributed by atoms with E-state index in [0.717, 1.165) is 39.1 Å². The van der Waals surface area contributed by atoms with Gasteiger partial charge in [-0.3, -0.25) is 0 Å². The van der Waals surface area contributed by atoms with Crippen LogP contribution < -0.4 is 11.1 Å². The van der Waals surface area contributed by atoms with Crippen LogP contribution in [-0.2, 0) is 26.5 Å². The maximum atomic E-state index is 9.56. The van der Waals surface area contributed by atoms with Crippen molar-refractivity contribution in [3.05, 3.63) is 31.2 Å². The normalized spacial score (nSPS) is 9.39. The molecule has 0 amide bonds. The van der Waals surface area contributed by atoms with Gasteiger partial charge in [-0.25, -0.2) is 0 Å². The van der Waals surface area contributed by atoms with Gasteiger partial charge in [-0.15, -0.1) is 0 Å². The maximum absolute atomic E-state index is 9.56. The number of nitrogen functional groups attached to an aromatic ring is 1. The van der Waals surface area contributed by atoms with E-state index in [1.807, 2.05) is 24.3 Å². The van der Waals surface area contributed by atoms with Crippen molar-refractivity contribution >= 4 is 11.4 Å². The fraction of sp³-hybridized carbons (Fsp3) is 0.533. The number of hydrogen-bond acceptors (Lipinski definition) is 7. The van der Waals surface area contributed by atoms with Gasteiger partial charge in [0.2, 0.25) is 0 Å². The van der Waals surface area contributed by atoms with Crippen LogP contribution in [0.1, 0.15) is 6.42 Å². The van der Waals surface area contributed by atoms with Gasteiger partial charge in [0.15, 0.2) is 0 Å². The molecule has 0 saturated heterocycles. The summed E-state index contributed by atoms with van der Waals surface area (Å²) in [5.41, 5.74) is 7.22. The molecule has 0 aliphatic rings. The zero-order valence-corrected chi connectivity index (χ0v) is 15.8. The smallest absolute Gasteiger partial charge is 0.0945 e. The minimum Gasteiger partial charge on any atom is -0.400 e. The summed E-state index contributed by atoms with van der Waals surface area (Å²) >= 11 is 0. The third-order valence-electron chi connectivity index (χ3n) is 2.05. The number of benzene rings is 1. The molecule has 0 aromatic heterocycles. The average molecular weight is 367 g/mol. The molecule has 136 valence electrons. The fourth-order valence-electron chi connectivity index (χ4n) is 1.22. The maximum Gasteiger partial charge on any atom is 0.0945 e. The Morgan fingerprint density at radius 2 is 1.57 bits per heavy atom. The molecule has 1 rings (SSSR count). The van der Waals surface area contributed by atoms with Crippen molar-refractivity contribution in [2.75, 3.05) is 52.1 Å². The number of aliphatic hydroxyl groups excluding tert-OH is 4. The minimum atomic E-state index is -0.510. The van der Waals surface area contributed by atoms with Crippen LogP contribution in [0.2, 0.25) is 0 Å². The van der Waals surface area contributed by atoms with Crippen molar-refractivity contribution in [1.29, 1.82) is 0 Å². The Morgan fingerprint density at radius 3 is 2.00 bits per heavy atom. The van der Waals surface area contributed by atoms with E-state index in [-0.39, 0.29) is 21.7 Å². The molecule has 7 N–H and O–H groups in total. The summed E-state index contributed by atoms with van der Waals surface area (Å²) in [6.45, 7) is 5.02. The Bertz CT molecular complexity index is 302. The molecule has 0 saturated carbocycles. The first-order chi connectivity index (χ1) is 10.7. The molecule has 0 aliphatic heterocycles. The molecule has 8 heteroatoms. The Kier molecular flexibility index (Phi) is 34.5. The van der Waals surface area contributed by atoms with Crippen LogP contribution in [-0.4, -0.2) is 67.6 Å². The Labute approximate surface area is 154 Å². The number of rotatable bonds is 7. The Morgan fingerprint density at radius 1 is 1.09 bits per heavy atom. The van der Waals surface area contributed by atoms with Gasteiger partial charge >= 0.3 is 0 Å². The number of nitrogens with one attached hydrogen (secondary N) is 1. The fourth-order valence-corrected chi connectivity index (χ4v) is 1.22. The molecular formula is C15H31N2O5Ti-. The summed E-state index contributed by atoms with van der Waals surface area (Å²) in [7, 11) is 3.00. The molecule has 0 radical (unpaired) electrons. The zero-order chi connectivity index (χ0) is 17.8. The van der Waals surface area contributed by atoms with E-state index in [9.17, 15) is 5.11 Å². The van der Waals surface area contributed by atoms with Gasteiger partial charge in [-0.1, -0.05) is 0 Å². The van der Waals surface area contributed by atoms with E-state index in [0.29, 0.717) is 19.8 Å². The first kappa shape index (κ1) is 30.2. The van der Waals surface area contributed by atoms with E-state index in [1.165, 1.54) is 0 Å². The summed E-state index contributed by atoms with van der Waals surface area (Å²) in [5.74, 6) is 0. The van der Waals surface area contributed by atoms with Crippen LogP contribution in [0.5, 0.6) is 0 Å². The molecule has 0 heterocycles. The van der Waals surface area contributed by atoms with E-state index in [2.05, 4.69) is 12.2 Å². The van der Waals surface area contributed by atoms with Gasteiger partial charge < -0.3 is 43.1 Å². The van der Waals surface area contributed by atoms with E-state index < -0.39 is 6.10 Å². The third-order valence-corrected chi connectivity index (χ3v) is 2.05. The van der Waals surface area contributed by atoms with E-state index in [1.54, 1.807) is 0 Å². The van der Waals surface area contributed by atoms with Crippen LogP contribution in [0.25, 0.3) is 0 Å². The van der Waals surface area contributed by atoms with Crippen LogP contribution in [0.4, 0.5) is 11.4 Å². The minimum absolute atomic E-state index is 0. The van der Waals surface area contributed by atoms with Crippen molar-refractivity contribution in [3.63, 3.8) is 0 Å². The van der Waals surface area contributed by atoms with Gasteiger partial charge in [0.05, 0.1) is 12.7 Å². The van der Waals surface area contributed by atoms with Gasteiger partial charge in [-0.05, 0) is 24.3 Å². The summed E-state index contributed by atoms with van der Waals surface area (Å²) in [6.07, 6.45) is 0.210. The molecular weight excluding hydrogens is 336 g/mol. The predicted molar refractivity (Wildman–Crippen MR) is 90.6 cm³/mol. The second-order valence-corrected chi connectivity index (χ2v) is 3.59. The topological polar surface area (TPSA) is 128 Å². The number of aliphatic hydroxyl groups is 4. The summed E-state index contributed by atoms with van der Waals surface area (Å²) in [6, 6.07) is 7.37. The van der Waals surface area contributed by atoms with Gasteiger partial charge in [0.1, 0.15) is 0 Å². The largest absolute Gasteiger partial charge is 0.400 e. The predicted octanol–water partition coefficient (Wildman–Crippen LogP) is 0.105. The number of hydrogen-bond donors (Lipinski definition) is 6. The standard InChI is InChI=1S/C12H19N2O2.3CH4O.Ti/c1-2-7-16-9-12(15)8-14-11-5-3-10(13)4-6-11;3*1-2;/h3-6,12,14-15H,1-2,7-9,13H2;3*2H,1H3;/q-1;;;;. The second-order valence-electron chi connectivity index (χ2n) is 3.59. The Hall–Kier alpha value is -0.666. The van der Waals surface area contributed by atoms with Crippen molar-refractivity contribution in [3.8, 4) is 0 Å². The number of nitrogens with two attached hydrogens (primary N) is 1. The summed E-state index contributed by atoms with van der Waals surface area (Å²) in [4.78, 5) is 0. The monoisotopic (exact) mass is 367 g/mol. The van der Waals surface area contributed by atoms with Crippen LogP contribution >= 0.6 is 0 Å². The van der Waals surface area contributed by atoms with Gasteiger partial charge in [0, 0.05) is 67.6 Å². The first-order valence-corrected chi connectivity index (χ1v) is 6.71. The van der Waals surface area contributed by atoms with Crippen molar-refractivity contribution in [2.45, 2.75) is 12.5 Å². The van der Waals surface area contributed by atoms with Gasteiger partial charge in [-0.2, -0.15) is 6.42 Å². The summed E-state index contributed by atoms with van der Waals surface area (Å²) in [5, 5.41) is 33.7. The molecule has 0 fully saturated rings. The number of anilines is 2. The average Bonchev–Trinajstić information content (AvgIpc) is 2.60. The van der Waals surface area contributed by atoms with Crippen LogP contribution in [0, 0.1) is 6.92 Å². The molecule has 1 aromatic carbocycles. The molecule has 0 spiro atoms. The third kappa shape index (κ3) is 21.3. The zero-order valence-electron chi connectivity index (χ0n) is 14.2. The molecule has 7 nitrogen and oxygen atoms in total. The molecule has 1 aromatic rings. The van der Waals surface area contributed by atoms with Crippen LogP contribution in [0.3, 0.4) is 0 Å². The van der Waals surface area contributed by atoms with Crippen molar-refractivity contribution in [2.24, 2.45) is 0 Å².